The first-order chi connectivity index (χ1) is 18.6. The number of nitrogens with zero attached hydrogens (tertiary/aromatic N) is 4. The number of carbonyl (C=O) groups excluding carboxylic acids is 1. The molecule has 1 saturated heterocycles. The maximum Gasteiger partial charge on any atom is 0.265 e. The fourth-order valence-electron chi connectivity index (χ4n) is 5.39. The molecule has 4 bridgehead atoms. The van der Waals surface area contributed by atoms with E-state index in [0.29, 0.717) is 16.5 Å². The third kappa shape index (κ3) is 6.61. The first-order valence-corrected chi connectivity index (χ1v) is 14.5. The number of allylic oxidation sites excluding steroid dienone is 1. The molecular weight excluding hydrogens is 504 g/mol. The Kier molecular flexibility index (Phi) is 7.67. The Hall–Kier alpha value is -3.39. The third-order valence-corrected chi connectivity index (χ3v) is 8.04. The van der Waals surface area contributed by atoms with Crippen molar-refractivity contribution in [2.45, 2.75) is 70.5 Å². The Morgan fingerprint density at radius 2 is 1.90 bits per heavy atom. The molecule has 2 N–H and O–H groups in total. The lowest BCUT2D eigenvalue weighted by Gasteiger charge is -2.34. The van der Waals surface area contributed by atoms with Gasteiger partial charge in [0.1, 0.15) is 16.7 Å². The predicted molar refractivity (Wildman–Crippen MR) is 160 cm³/mol. The van der Waals surface area contributed by atoms with Crippen molar-refractivity contribution in [3.63, 3.8) is 0 Å². The van der Waals surface area contributed by atoms with Gasteiger partial charge in [-0.2, -0.15) is 0 Å². The van der Waals surface area contributed by atoms with Crippen molar-refractivity contribution in [3.8, 4) is 0 Å². The van der Waals surface area contributed by atoms with E-state index >= 15 is 0 Å². The molecule has 1 fully saturated rings. The second-order valence-corrected chi connectivity index (χ2v) is 13.0. The van der Waals surface area contributed by atoms with Gasteiger partial charge in [0.15, 0.2) is 0 Å². The van der Waals surface area contributed by atoms with Crippen LogP contribution in [0.15, 0.2) is 65.8 Å². The van der Waals surface area contributed by atoms with Gasteiger partial charge >= 0.3 is 0 Å². The molecule has 204 valence electrons. The van der Waals surface area contributed by atoms with Gasteiger partial charge in [0.2, 0.25) is 0 Å². The van der Waals surface area contributed by atoms with Gasteiger partial charge in [0.25, 0.3) is 5.91 Å². The molecule has 2 unspecified atom stereocenters. The summed E-state index contributed by atoms with van der Waals surface area (Å²) >= 11 is 1.22. The highest BCUT2D eigenvalue weighted by Gasteiger charge is 2.40. The smallest absolute Gasteiger partial charge is 0.265 e. The van der Waals surface area contributed by atoms with Crippen molar-refractivity contribution in [1.29, 1.82) is 0 Å². The highest BCUT2D eigenvalue weighted by Crippen LogP contribution is 2.41. The Morgan fingerprint density at radius 1 is 1.05 bits per heavy atom. The molecular formula is C31H38N6OS. The van der Waals surface area contributed by atoms with Crippen LogP contribution in [-0.2, 0) is 0 Å². The minimum absolute atomic E-state index is 0.0374. The zero-order valence-corrected chi connectivity index (χ0v) is 24.3. The Labute approximate surface area is 236 Å². The summed E-state index contributed by atoms with van der Waals surface area (Å²) in [7, 11) is 0. The summed E-state index contributed by atoms with van der Waals surface area (Å²) in [6, 6.07) is 15.7. The molecule has 39 heavy (non-hydrogen) atoms. The minimum atomic E-state index is -0.172. The van der Waals surface area contributed by atoms with Crippen molar-refractivity contribution in [2.75, 3.05) is 16.8 Å². The van der Waals surface area contributed by atoms with Crippen LogP contribution < -0.4 is 14.9 Å². The molecule has 1 amide bonds. The average Bonchev–Trinajstić information content (AvgIpc) is 3.22. The van der Waals surface area contributed by atoms with E-state index in [2.05, 4.69) is 72.8 Å². The summed E-state index contributed by atoms with van der Waals surface area (Å²) < 4.78 is 3.01. The van der Waals surface area contributed by atoms with Gasteiger partial charge in [-0.05, 0) is 86.9 Å². The Bertz CT molecular complexity index is 1350. The summed E-state index contributed by atoms with van der Waals surface area (Å²) in [5, 5.41) is 4.32. The second kappa shape index (κ2) is 11.0. The number of carbonyl (C=O) groups is 1. The summed E-state index contributed by atoms with van der Waals surface area (Å²) in [5.74, 6) is 1.80. The lowest BCUT2D eigenvalue weighted by molar-refractivity contribution is 0.0984. The second-order valence-electron chi connectivity index (χ2n) is 12.2. The largest absolute Gasteiger partial charge is 0.362 e. The van der Waals surface area contributed by atoms with Crippen molar-refractivity contribution >= 4 is 35.6 Å². The van der Waals surface area contributed by atoms with Crippen molar-refractivity contribution in [3.05, 3.63) is 77.8 Å². The van der Waals surface area contributed by atoms with E-state index in [0.717, 1.165) is 48.8 Å². The van der Waals surface area contributed by atoms with Gasteiger partial charge in [-0.15, -0.1) is 0 Å². The number of hydrogen-bond acceptors (Lipinski definition) is 7. The van der Waals surface area contributed by atoms with E-state index < -0.39 is 0 Å². The van der Waals surface area contributed by atoms with Crippen LogP contribution in [0, 0.1) is 11.3 Å². The van der Waals surface area contributed by atoms with Crippen LogP contribution in [-0.4, -0.2) is 32.9 Å². The molecule has 0 radical (unpaired) electrons. The van der Waals surface area contributed by atoms with Crippen LogP contribution in [0.25, 0.3) is 6.08 Å². The van der Waals surface area contributed by atoms with E-state index in [1.165, 1.54) is 11.9 Å². The van der Waals surface area contributed by atoms with Crippen LogP contribution in [0.5, 0.6) is 0 Å². The molecule has 0 saturated carbocycles. The maximum absolute atomic E-state index is 13.5. The zero-order chi connectivity index (χ0) is 27.6. The van der Waals surface area contributed by atoms with Crippen LogP contribution in [0.2, 0.25) is 0 Å². The monoisotopic (exact) mass is 542 g/mol. The number of fused-ring (bicyclic) bond motifs is 6. The minimum Gasteiger partial charge on any atom is -0.362 e. The van der Waals surface area contributed by atoms with Gasteiger partial charge in [0, 0.05) is 30.2 Å². The molecule has 0 aromatic carbocycles. The van der Waals surface area contributed by atoms with E-state index in [1.807, 2.05) is 48.7 Å². The van der Waals surface area contributed by atoms with Crippen molar-refractivity contribution in [2.24, 2.45) is 11.3 Å². The summed E-state index contributed by atoms with van der Waals surface area (Å²) in [6.07, 6.45) is 9.03. The van der Waals surface area contributed by atoms with Crippen LogP contribution >= 0.6 is 11.9 Å². The van der Waals surface area contributed by atoms with Gasteiger partial charge in [-0.1, -0.05) is 39.0 Å². The number of pyridine rings is 3. The van der Waals surface area contributed by atoms with Gasteiger partial charge in [-0.25, -0.2) is 9.97 Å². The fourth-order valence-corrected chi connectivity index (χ4v) is 5.99. The number of amides is 1. The topological polar surface area (TPSA) is 83.0 Å². The highest BCUT2D eigenvalue weighted by molar-refractivity contribution is 7.97. The van der Waals surface area contributed by atoms with Gasteiger partial charge in [0.05, 0.1) is 23.0 Å². The highest BCUT2D eigenvalue weighted by atomic mass is 32.2. The molecule has 0 aliphatic carbocycles. The molecule has 7 nitrogen and oxygen atoms in total. The van der Waals surface area contributed by atoms with Gasteiger partial charge in [-0.3, -0.25) is 14.5 Å². The van der Waals surface area contributed by atoms with Crippen molar-refractivity contribution in [1.82, 2.24) is 19.7 Å². The van der Waals surface area contributed by atoms with Crippen LogP contribution in [0.3, 0.4) is 0 Å². The summed E-state index contributed by atoms with van der Waals surface area (Å²) in [6.45, 7) is 11.9. The summed E-state index contributed by atoms with van der Waals surface area (Å²) in [4.78, 5) is 30.3. The quantitative estimate of drug-likeness (QED) is 0.340. The lowest BCUT2D eigenvalue weighted by Crippen LogP contribution is -2.40. The number of anilines is 2. The standard InChI is InChI=1S/C31H38N6OS/c1-30(2,3)17-16-22-13-14-23-28(33-22)37-20-21(19-31(37,4)5)12-15-25(24-9-6-7-18-32-24)34-26-10-8-11-27(35-26)39-36-29(23)38/h6-11,13-14,16-18,21,25H,12,15,19-20H2,1-5H3,(H,34,35)(H,36,38)/b17-16+. The average molecular weight is 543 g/mol. The zero-order valence-electron chi connectivity index (χ0n) is 23.4. The summed E-state index contributed by atoms with van der Waals surface area (Å²) in [5.41, 5.74) is 2.35. The lowest BCUT2D eigenvalue weighted by atomic mass is 9.91. The molecule has 3 aromatic heterocycles. The third-order valence-electron chi connectivity index (χ3n) is 7.31. The Balaban J connectivity index is 1.53. The first-order valence-electron chi connectivity index (χ1n) is 13.7. The maximum atomic E-state index is 13.5. The molecule has 8 heteroatoms. The van der Waals surface area contributed by atoms with Gasteiger partial charge < -0.3 is 10.2 Å². The number of rotatable bonds is 2. The molecule has 0 spiro atoms. The molecule has 2 aliphatic heterocycles. The van der Waals surface area contributed by atoms with Crippen LogP contribution in [0.4, 0.5) is 11.6 Å². The first kappa shape index (κ1) is 27.2. The van der Waals surface area contributed by atoms with Crippen molar-refractivity contribution < 1.29 is 4.79 Å². The molecule has 5 heterocycles. The normalized spacial score (nSPS) is 21.5. The van der Waals surface area contributed by atoms with E-state index in [1.54, 1.807) is 0 Å². The fraction of sp³-hybridized carbons (Fsp3) is 0.419. The number of nitrogens with one attached hydrogen (secondary N) is 2. The molecule has 2 aliphatic rings. The predicted octanol–water partition coefficient (Wildman–Crippen LogP) is 6.92. The van der Waals surface area contributed by atoms with Crippen LogP contribution in [0.1, 0.15) is 81.7 Å². The molecule has 3 aromatic rings. The Morgan fingerprint density at radius 3 is 2.67 bits per heavy atom. The SMILES string of the molecule is CC(C)(C)/C=C/c1ccc2c(n1)N1CC(CCC(c3ccccn3)Nc3cccc(n3)SNC2=O)CC1(C)C. The van der Waals surface area contributed by atoms with E-state index in [-0.39, 0.29) is 22.9 Å². The molecule has 5 rings (SSSR count). The number of hydrogen-bond donors (Lipinski definition) is 2. The van der Waals surface area contributed by atoms with E-state index in [4.69, 9.17) is 9.97 Å². The van der Waals surface area contributed by atoms with E-state index in [9.17, 15) is 4.79 Å². The number of aromatic nitrogens is 3. The molecule has 2 atom stereocenters.